The standard InChI is InChI=1S/C42H57ClN4O6S/c1-3-53-42(28-48)16-6-7-29(2)40(22-30-15-19-46-20-17-44-25-36(46)21-30)54(50,51)45-41(49)32-11-14-39-38(24-32)47(26-33-10-13-37(33)42)18-5-4-8-31-23-35(43)12-9-34(31)27-52-39/h6,9,11-12,14,16,23-24,28-30,33,36-37,40,44H,3-5,7-8,10,13,15,17-22,25-27H2,1-2H3,(H,45,49)/b16-6+/t29-,30?,33-,36+,37+,40+,42-/m0/s1. The van der Waals surface area contributed by atoms with Crippen molar-refractivity contribution < 1.29 is 27.5 Å². The Morgan fingerprint density at radius 1 is 1.07 bits per heavy atom. The molecule has 2 aromatic rings. The van der Waals surface area contributed by atoms with Crippen molar-refractivity contribution in [3.05, 3.63) is 70.3 Å². The molecule has 1 amide bonds. The highest BCUT2D eigenvalue weighted by atomic mass is 35.5. The first-order valence-electron chi connectivity index (χ1n) is 20.2. The summed E-state index contributed by atoms with van der Waals surface area (Å²) in [5, 5.41) is 3.40. The molecular formula is C42H57ClN4O6S. The molecule has 294 valence electrons. The number of ether oxygens (including phenoxy) is 2. The second-order valence-corrected chi connectivity index (χ2v) is 18.6. The number of carbonyl (C=O) groups excluding carboxylic acids is 2. The minimum Gasteiger partial charge on any atom is -0.487 e. The van der Waals surface area contributed by atoms with Crippen LogP contribution < -0.4 is 19.7 Å². The number of piperazine rings is 1. The Morgan fingerprint density at radius 3 is 2.74 bits per heavy atom. The van der Waals surface area contributed by atoms with Crippen molar-refractivity contribution in [1.82, 2.24) is 14.9 Å². The number of fused-ring (bicyclic) bond motifs is 4. The Hall–Kier alpha value is -2.96. The van der Waals surface area contributed by atoms with Gasteiger partial charge in [-0.05, 0) is 137 Å². The number of halogens is 1. The van der Waals surface area contributed by atoms with Gasteiger partial charge in [-0.25, -0.2) is 13.1 Å². The number of sulfonamides is 1. The number of nitrogens with zero attached hydrogens (tertiary/aromatic N) is 2. The Bertz CT molecular complexity index is 1810. The zero-order chi connectivity index (χ0) is 37.9. The van der Waals surface area contributed by atoms with E-state index in [1.165, 1.54) is 0 Å². The van der Waals surface area contributed by atoms with E-state index in [1.807, 2.05) is 44.2 Å². The fourth-order valence-corrected chi connectivity index (χ4v) is 11.7. The Kier molecular flexibility index (Phi) is 12.4. The number of carbonyl (C=O) groups is 2. The molecular weight excluding hydrogens is 724 g/mol. The van der Waals surface area contributed by atoms with Crippen molar-refractivity contribution in [2.24, 2.45) is 23.7 Å². The number of benzene rings is 2. The molecule has 7 atom stereocenters. The summed E-state index contributed by atoms with van der Waals surface area (Å²) in [7, 11) is -4.10. The molecule has 7 rings (SSSR count). The first-order valence-corrected chi connectivity index (χ1v) is 22.1. The highest BCUT2D eigenvalue weighted by molar-refractivity contribution is 7.90. The van der Waals surface area contributed by atoms with Crippen LogP contribution in [-0.4, -0.2) is 88.3 Å². The summed E-state index contributed by atoms with van der Waals surface area (Å²) in [4.78, 5) is 31.9. The van der Waals surface area contributed by atoms with Crippen molar-refractivity contribution in [1.29, 1.82) is 0 Å². The third kappa shape index (κ3) is 8.55. The largest absolute Gasteiger partial charge is 0.487 e. The normalized spacial score (nSPS) is 32.6. The SMILES string of the molecule is CCO[C@]1(C=O)/C=C/C[C@H](C)[C@@H](CC2CCN3CCNC[C@H]3C2)S(=O)(=O)NC(=O)c2ccc3c(c2)N(CCCCc2cc(Cl)ccc2CO3)C[C@@H]2CC[C@H]21. The van der Waals surface area contributed by atoms with E-state index < -0.39 is 26.8 Å². The molecule has 4 aliphatic heterocycles. The Morgan fingerprint density at radius 2 is 1.94 bits per heavy atom. The molecule has 0 spiro atoms. The average molecular weight is 781 g/mol. The smallest absolute Gasteiger partial charge is 0.264 e. The fraction of sp³-hybridized carbons (Fsp3) is 0.619. The van der Waals surface area contributed by atoms with Crippen molar-refractivity contribution in [2.75, 3.05) is 50.8 Å². The topological polar surface area (TPSA) is 117 Å². The molecule has 54 heavy (non-hydrogen) atoms. The molecule has 1 aliphatic carbocycles. The molecule has 0 radical (unpaired) electrons. The van der Waals surface area contributed by atoms with E-state index in [1.54, 1.807) is 18.2 Å². The second-order valence-electron chi connectivity index (χ2n) is 16.3. The molecule has 4 heterocycles. The fourth-order valence-electron chi connectivity index (χ4n) is 9.70. The zero-order valence-corrected chi connectivity index (χ0v) is 33.4. The molecule has 5 aliphatic rings. The lowest BCUT2D eigenvalue weighted by molar-refractivity contribution is -0.140. The minimum atomic E-state index is -4.10. The quantitative estimate of drug-likeness (QED) is 0.272. The predicted octanol–water partition coefficient (Wildman–Crippen LogP) is 6.16. The van der Waals surface area contributed by atoms with Gasteiger partial charge in [0, 0.05) is 61.9 Å². The minimum absolute atomic E-state index is 0.0383. The predicted molar refractivity (Wildman–Crippen MR) is 213 cm³/mol. The molecule has 1 saturated carbocycles. The van der Waals surface area contributed by atoms with Gasteiger partial charge in [0.1, 0.15) is 18.0 Å². The Labute approximate surface area is 326 Å². The monoisotopic (exact) mass is 780 g/mol. The molecule has 3 fully saturated rings. The van der Waals surface area contributed by atoms with E-state index in [0.717, 1.165) is 94.2 Å². The third-order valence-corrected chi connectivity index (χ3v) is 15.0. The van der Waals surface area contributed by atoms with Gasteiger partial charge in [0.15, 0.2) is 6.29 Å². The van der Waals surface area contributed by atoms with Crippen LogP contribution >= 0.6 is 11.6 Å². The summed E-state index contributed by atoms with van der Waals surface area (Å²) in [6, 6.07) is 11.6. The molecule has 0 aromatic heterocycles. The highest BCUT2D eigenvalue weighted by Crippen LogP contribution is 2.46. The van der Waals surface area contributed by atoms with Crippen LogP contribution in [0.2, 0.25) is 5.02 Å². The second kappa shape index (κ2) is 17.0. The van der Waals surface area contributed by atoms with Gasteiger partial charge in [-0.3, -0.25) is 14.5 Å². The summed E-state index contributed by atoms with van der Waals surface area (Å²) in [6.07, 6.45) is 12.1. The zero-order valence-electron chi connectivity index (χ0n) is 31.8. The summed E-state index contributed by atoms with van der Waals surface area (Å²) in [5.41, 5.74) is 2.14. The first kappa shape index (κ1) is 39.3. The average Bonchev–Trinajstić information content (AvgIpc) is 3.18. The van der Waals surface area contributed by atoms with E-state index >= 15 is 0 Å². The van der Waals surface area contributed by atoms with Crippen LogP contribution in [0.4, 0.5) is 5.69 Å². The maximum atomic E-state index is 14.4. The molecule has 2 bridgehead atoms. The lowest BCUT2D eigenvalue weighted by Crippen LogP contribution is -2.55. The van der Waals surface area contributed by atoms with Crippen LogP contribution in [0.3, 0.4) is 0 Å². The van der Waals surface area contributed by atoms with E-state index in [4.69, 9.17) is 21.1 Å². The molecule has 2 aromatic carbocycles. The lowest BCUT2D eigenvalue weighted by atomic mass is 9.64. The van der Waals surface area contributed by atoms with Gasteiger partial charge in [0.05, 0.1) is 10.9 Å². The van der Waals surface area contributed by atoms with Crippen molar-refractivity contribution in [3.8, 4) is 5.75 Å². The lowest BCUT2D eigenvalue weighted by Gasteiger charge is -2.48. The van der Waals surface area contributed by atoms with Crippen molar-refractivity contribution in [3.63, 3.8) is 0 Å². The molecule has 2 N–H and O–H groups in total. The summed E-state index contributed by atoms with van der Waals surface area (Å²) < 4.78 is 44.2. The number of allylic oxidation sites excluding steroid dienone is 1. The van der Waals surface area contributed by atoms with Gasteiger partial charge in [-0.15, -0.1) is 0 Å². The van der Waals surface area contributed by atoms with Crippen LogP contribution in [0.15, 0.2) is 48.6 Å². The van der Waals surface area contributed by atoms with Gasteiger partial charge >= 0.3 is 0 Å². The molecule has 2 saturated heterocycles. The summed E-state index contributed by atoms with van der Waals surface area (Å²) >= 11 is 6.39. The molecule has 10 nitrogen and oxygen atoms in total. The molecule has 1 unspecified atom stereocenters. The highest BCUT2D eigenvalue weighted by Gasteiger charge is 2.48. The maximum absolute atomic E-state index is 14.4. The number of rotatable bonds is 5. The van der Waals surface area contributed by atoms with Crippen molar-refractivity contribution in [2.45, 2.75) is 95.1 Å². The number of nitrogens with one attached hydrogen (secondary N) is 2. The number of hydrogen-bond acceptors (Lipinski definition) is 9. The Balaban J connectivity index is 1.25. The van der Waals surface area contributed by atoms with Crippen LogP contribution in [-0.2, 0) is 32.6 Å². The number of piperidine rings is 1. The number of aryl methyl sites for hydroxylation is 1. The van der Waals surface area contributed by atoms with Gasteiger partial charge < -0.3 is 19.7 Å². The number of aldehydes is 1. The van der Waals surface area contributed by atoms with E-state index in [-0.39, 0.29) is 29.2 Å². The van der Waals surface area contributed by atoms with Crippen LogP contribution in [0.25, 0.3) is 0 Å². The van der Waals surface area contributed by atoms with Crippen molar-refractivity contribution >= 4 is 39.5 Å². The van der Waals surface area contributed by atoms with E-state index in [0.29, 0.717) is 56.0 Å². The van der Waals surface area contributed by atoms with E-state index in [2.05, 4.69) is 19.8 Å². The van der Waals surface area contributed by atoms with Crippen LogP contribution in [0.5, 0.6) is 5.75 Å². The number of hydrogen-bond donors (Lipinski definition) is 2. The van der Waals surface area contributed by atoms with Gasteiger partial charge in [0.25, 0.3) is 5.91 Å². The van der Waals surface area contributed by atoms with Crippen LogP contribution in [0.1, 0.15) is 86.7 Å². The number of anilines is 1. The van der Waals surface area contributed by atoms with Crippen LogP contribution in [0, 0.1) is 23.7 Å². The number of amides is 1. The first-order chi connectivity index (χ1) is 26.1. The third-order valence-electron chi connectivity index (χ3n) is 12.9. The van der Waals surface area contributed by atoms with Gasteiger partial charge in [-0.2, -0.15) is 0 Å². The summed E-state index contributed by atoms with van der Waals surface area (Å²) in [5.74, 6) is 0.0272. The van der Waals surface area contributed by atoms with Gasteiger partial charge in [-0.1, -0.05) is 30.7 Å². The maximum Gasteiger partial charge on any atom is 0.264 e. The summed E-state index contributed by atoms with van der Waals surface area (Å²) in [6.45, 7) is 9.80. The van der Waals surface area contributed by atoms with Gasteiger partial charge in [0.2, 0.25) is 10.0 Å². The molecule has 12 heteroatoms. The van der Waals surface area contributed by atoms with E-state index in [9.17, 15) is 18.0 Å².